The number of nitrogens with one attached hydrogen (secondary N) is 1. The number of aromatic nitrogens is 3. The maximum absolute atomic E-state index is 13.1. The highest BCUT2D eigenvalue weighted by molar-refractivity contribution is 6.07. The second-order valence-electron chi connectivity index (χ2n) is 7.41. The average molecular weight is 419 g/mol. The SMILES string of the molecule is COc1ccc(-c2ccc(N)c(C(=O)Nc3cnccc3N3CCC[C@H](N)C3)n2)nc1. The lowest BCUT2D eigenvalue weighted by atomic mass is 10.1. The molecule has 1 aliphatic heterocycles. The van der Waals surface area contributed by atoms with Gasteiger partial charge in [0, 0.05) is 25.3 Å². The van der Waals surface area contributed by atoms with Crippen LogP contribution in [0, 0.1) is 0 Å². The Labute approximate surface area is 180 Å². The Morgan fingerprint density at radius 1 is 1.19 bits per heavy atom. The van der Waals surface area contributed by atoms with Gasteiger partial charge in [-0.2, -0.15) is 0 Å². The number of methoxy groups -OCH3 is 1. The molecule has 1 amide bonds. The third kappa shape index (κ3) is 4.56. The highest BCUT2D eigenvalue weighted by Gasteiger charge is 2.21. The average Bonchev–Trinajstić information content (AvgIpc) is 2.80. The van der Waals surface area contributed by atoms with Gasteiger partial charge in [-0.15, -0.1) is 0 Å². The van der Waals surface area contributed by atoms with E-state index in [-0.39, 0.29) is 17.4 Å². The summed E-state index contributed by atoms with van der Waals surface area (Å²) in [5.74, 6) is 0.224. The Morgan fingerprint density at radius 3 is 2.77 bits per heavy atom. The predicted octanol–water partition coefficient (Wildman–Crippen LogP) is 2.31. The third-order valence-electron chi connectivity index (χ3n) is 5.22. The van der Waals surface area contributed by atoms with Crippen LogP contribution < -0.4 is 26.4 Å². The molecule has 5 N–H and O–H groups in total. The molecule has 1 saturated heterocycles. The minimum atomic E-state index is -0.414. The van der Waals surface area contributed by atoms with Gasteiger partial charge in [0.1, 0.15) is 5.75 Å². The number of hydrogen-bond acceptors (Lipinski definition) is 8. The first-order valence-corrected chi connectivity index (χ1v) is 10.1. The number of rotatable bonds is 5. The van der Waals surface area contributed by atoms with Crippen molar-refractivity contribution in [3.63, 3.8) is 0 Å². The third-order valence-corrected chi connectivity index (χ3v) is 5.22. The van der Waals surface area contributed by atoms with Crippen molar-refractivity contribution < 1.29 is 9.53 Å². The smallest absolute Gasteiger partial charge is 0.276 e. The van der Waals surface area contributed by atoms with Crippen molar-refractivity contribution in [2.45, 2.75) is 18.9 Å². The fraction of sp³-hybridized carbons (Fsp3) is 0.273. The molecule has 4 heterocycles. The number of anilines is 3. The van der Waals surface area contributed by atoms with Crippen molar-refractivity contribution in [1.29, 1.82) is 0 Å². The molecular formula is C22H25N7O2. The maximum Gasteiger partial charge on any atom is 0.276 e. The number of hydrogen-bond donors (Lipinski definition) is 3. The second-order valence-corrected chi connectivity index (χ2v) is 7.41. The molecular weight excluding hydrogens is 394 g/mol. The zero-order chi connectivity index (χ0) is 21.8. The van der Waals surface area contributed by atoms with Crippen LogP contribution in [0.5, 0.6) is 5.75 Å². The monoisotopic (exact) mass is 419 g/mol. The van der Waals surface area contributed by atoms with Crippen molar-refractivity contribution >= 4 is 23.0 Å². The van der Waals surface area contributed by atoms with Crippen LogP contribution >= 0.6 is 0 Å². The van der Waals surface area contributed by atoms with Gasteiger partial charge in [0.05, 0.1) is 48.0 Å². The highest BCUT2D eigenvalue weighted by Crippen LogP contribution is 2.28. The summed E-state index contributed by atoms with van der Waals surface area (Å²) in [5, 5.41) is 2.91. The zero-order valence-corrected chi connectivity index (χ0v) is 17.3. The molecule has 9 heteroatoms. The number of nitrogen functional groups attached to an aromatic ring is 1. The topological polar surface area (TPSA) is 132 Å². The molecule has 0 saturated carbocycles. The lowest BCUT2D eigenvalue weighted by Gasteiger charge is -2.33. The summed E-state index contributed by atoms with van der Waals surface area (Å²) in [5.41, 5.74) is 15.2. The van der Waals surface area contributed by atoms with Crippen molar-refractivity contribution in [2.24, 2.45) is 5.73 Å². The summed E-state index contributed by atoms with van der Waals surface area (Å²) in [6.07, 6.45) is 6.92. The number of piperidine rings is 1. The minimum absolute atomic E-state index is 0.108. The molecule has 31 heavy (non-hydrogen) atoms. The number of nitrogens with two attached hydrogens (primary N) is 2. The second kappa shape index (κ2) is 8.97. The fourth-order valence-electron chi connectivity index (χ4n) is 3.62. The standard InChI is InChI=1S/C22H25N7O2/c1-31-15-4-6-17(26-11-15)18-7-5-16(24)21(27-18)22(30)28-19-12-25-9-8-20(19)29-10-2-3-14(23)13-29/h4-9,11-12,14H,2-3,10,13,23-24H2,1H3,(H,28,30)/t14-/m0/s1. The summed E-state index contributed by atoms with van der Waals surface area (Å²) in [4.78, 5) is 28.2. The zero-order valence-electron chi connectivity index (χ0n) is 17.3. The van der Waals surface area contributed by atoms with Crippen LogP contribution in [0.3, 0.4) is 0 Å². The van der Waals surface area contributed by atoms with Gasteiger partial charge in [0.15, 0.2) is 5.69 Å². The van der Waals surface area contributed by atoms with Crippen LogP contribution in [0.25, 0.3) is 11.4 Å². The number of carbonyl (C=O) groups excluding carboxylic acids is 1. The van der Waals surface area contributed by atoms with E-state index in [1.165, 1.54) is 0 Å². The van der Waals surface area contributed by atoms with Crippen LogP contribution in [-0.2, 0) is 0 Å². The normalized spacial score (nSPS) is 16.1. The fourth-order valence-corrected chi connectivity index (χ4v) is 3.62. The molecule has 0 aliphatic carbocycles. The first kappa shape index (κ1) is 20.5. The minimum Gasteiger partial charge on any atom is -0.495 e. The van der Waals surface area contributed by atoms with E-state index in [4.69, 9.17) is 16.2 Å². The van der Waals surface area contributed by atoms with Gasteiger partial charge in [-0.05, 0) is 43.2 Å². The number of amides is 1. The van der Waals surface area contributed by atoms with Gasteiger partial charge in [0.25, 0.3) is 5.91 Å². The van der Waals surface area contributed by atoms with Crippen molar-refractivity contribution in [3.05, 3.63) is 54.6 Å². The van der Waals surface area contributed by atoms with E-state index in [9.17, 15) is 4.79 Å². The Kier molecular flexibility index (Phi) is 5.94. The Balaban J connectivity index is 1.59. The molecule has 1 aliphatic rings. The van der Waals surface area contributed by atoms with Crippen LogP contribution in [0.2, 0.25) is 0 Å². The molecule has 1 atom stereocenters. The van der Waals surface area contributed by atoms with Crippen molar-refractivity contribution in [1.82, 2.24) is 15.0 Å². The van der Waals surface area contributed by atoms with E-state index in [0.29, 0.717) is 22.8 Å². The summed E-state index contributed by atoms with van der Waals surface area (Å²) in [6, 6.07) is 8.92. The van der Waals surface area contributed by atoms with Gasteiger partial charge in [-0.1, -0.05) is 0 Å². The molecule has 0 unspecified atom stereocenters. The van der Waals surface area contributed by atoms with E-state index < -0.39 is 5.91 Å². The summed E-state index contributed by atoms with van der Waals surface area (Å²) >= 11 is 0. The van der Waals surface area contributed by atoms with E-state index >= 15 is 0 Å². The molecule has 3 aromatic heterocycles. The van der Waals surface area contributed by atoms with Crippen LogP contribution in [-0.4, -0.2) is 47.1 Å². The van der Waals surface area contributed by atoms with Gasteiger partial charge in [0.2, 0.25) is 0 Å². The van der Waals surface area contributed by atoms with E-state index in [0.717, 1.165) is 31.6 Å². The van der Waals surface area contributed by atoms with Gasteiger partial charge in [-0.25, -0.2) is 4.98 Å². The Hall–Kier alpha value is -3.72. The molecule has 9 nitrogen and oxygen atoms in total. The molecule has 160 valence electrons. The van der Waals surface area contributed by atoms with E-state index in [1.807, 2.05) is 6.07 Å². The number of carbonyl (C=O) groups is 1. The van der Waals surface area contributed by atoms with E-state index in [2.05, 4.69) is 25.2 Å². The highest BCUT2D eigenvalue weighted by atomic mass is 16.5. The Morgan fingerprint density at radius 2 is 2.03 bits per heavy atom. The molecule has 0 spiro atoms. The van der Waals surface area contributed by atoms with Crippen molar-refractivity contribution in [2.75, 3.05) is 36.1 Å². The summed E-state index contributed by atoms with van der Waals surface area (Å²) < 4.78 is 5.14. The summed E-state index contributed by atoms with van der Waals surface area (Å²) in [7, 11) is 1.57. The molecule has 3 aromatic rings. The van der Waals surface area contributed by atoms with Gasteiger partial charge >= 0.3 is 0 Å². The van der Waals surface area contributed by atoms with Crippen LogP contribution in [0.4, 0.5) is 17.1 Å². The maximum atomic E-state index is 13.1. The number of nitrogens with zero attached hydrogens (tertiary/aromatic N) is 4. The first-order chi connectivity index (χ1) is 15.0. The predicted molar refractivity (Wildman–Crippen MR) is 120 cm³/mol. The molecule has 0 bridgehead atoms. The molecule has 1 fully saturated rings. The van der Waals surface area contributed by atoms with Gasteiger partial charge in [-0.3, -0.25) is 14.8 Å². The number of ether oxygens (including phenoxy) is 1. The largest absolute Gasteiger partial charge is 0.495 e. The molecule has 4 rings (SSSR count). The lowest BCUT2D eigenvalue weighted by molar-refractivity contribution is 0.102. The number of pyridine rings is 3. The first-order valence-electron chi connectivity index (χ1n) is 10.1. The van der Waals surface area contributed by atoms with Crippen LogP contribution in [0.15, 0.2) is 48.9 Å². The molecule has 0 aromatic carbocycles. The quantitative estimate of drug-likeness (QED) is 0.574. The lowest BCUT2D eigenvalue weighted by Crippen LogP contribution is -2.43. The molecule has 0 radical (unpaired) electrons. The van der Waals surface area contributed by atoms with Crippen LogP contribution in [0.1, 0.15) is 23.3 Å². The Bertz CT molecular complexity index is 1070. The van der Waals surface area contributed by atoms with Crippen molar-refractivity contribution in [3.8, 4) is 17.1 Å². The van der Waals surface area contributed by atoms with Gasteiger partial charge < -0.3 is 26.4 Å². The summed E-state index contributed by atoms with van der Waals surface area (Å²) in [6.45, 7) is 1.60. The van der Waals surface area contributed by atoms with E-state index in [1.54, 1.807) is 50.0 Å².